The van der Waals surface area contributed by atoms with E-state index in [0.717, 1.165) is 45.6 Å². The van der Waals surface area contributed by atoms with Crippen LogP contribution in [0.3, 0.4) is 0 Å². The molecule has 1 aromatic heterocycles. The highest BCUT2D eigenvalue weighted by Gasteiger charge is 2.47. The lowest BCUT2D eigenvalue weighted by atomic mass is 9.73. The van der Waals surface area contributed by atoms with Gasteiger partial charge in [0.25, 0.3) is 5.56 Å². The predicted octanol–water partition coefficient (Wildman–Crippen LogP) is 3.93. The molecule has 2 atom stereocenters. The first-order chi connectivity index (χ1) is 26.6. The molecule has 0 bridgehead atoms. The summed E-state index contributed by atoms with van der Waals surface area (Å²) in [5.41, 5.74) is -3.52. The van der Waals surface area contributed by atoms with Crippen LogP contribution < -0.4 is 29.2 Å². The molecule has 0 fully saturated rings. The summed E-state index contributed by atoms with van der Waals surface area (Å²) >= 11 is 0. The third-order valence-electron chi connectivity index (χ3n) is 9.27. The molecule has 0 saturated heterocycles. The summed E-state index contributed by atoms with van der Waals surface area (Å²) < 4.78 is 28.9. The standard InChI is InChI=1S/C40H30N2O14/c1-15-24(53-16(2)43)13-23-27(36(15)54-17(3)44)34(49)31-30(32(23)47)39(56-19(5)46)28-26-22(33(48)35(50)29(28)37(31)52-6)12-20-14-41-42(21-10-8-7-9-11-21)40(51)25(20)38(26)55-18(4)45/h7-14,33,35,48,50H,1-6H3. The van der Waals surface area contributed by atoms with E-state index in [4.69, 9.17) is 23.7 Å². The number of carbonyl (C=O) groups excluding carboxylic acids is 6. The van der Waals surface area contributed by atoms with Crippen molar-refractivity contribution < 1.29 is 62.7 Å². The van der Waals surface area contributed by atoms with E-state index in [1.807, 2.05) is 0 Å². The van der Waals surface area contributed by atoms with Gasteiger partial charge in [0.1, 0.15) is 29.5 Å². The van der Waals surface area contributed by atoms with Crippen molar-refractivity contribution in [3.63, 3.8) is 0 Å². The Morgan fingerprint density at radius 3 is 1.88 bits per heavy atom. The number of esters is 4. The second-order valence-electron chi connectivity index (χ2n) is 12.9. The Labute approximate surface area is 315 Å². The fourth-order valence-corrected chi connectivity index (χ4v) is 7.19. The van der Waals surface area contributed by atoms with Crippen LogP contribution >= 0.6 is 0 Å². The second-order valence-corrected chi connectivity index (χ2v) is 12.9. The van der Waals surface area contributed by atoms with Gasteiger partial charge in [-0.2, -0.15) is 9.78 Å². The molecule has 1 heterocycles. The number of hydrogen-bond acceptors (Lipinski definition) is 15. The van der Waals surface area contributed by atoms with Crippen molar-refractivity contribution in [3.8, 4) is 45.6 Å². The van der Waals surface area contributed by atoms with Gasteiger partial charge in [-0.25, -0.2) is 0 Å². The number of ether oxygens (including phenoxy) is 5. The van der Waals surface area contributed by atoms with Crippen molar-refractivity contribution in [2.24, 2.45) is 0 Å². The van der Waals surface area contributed by atoms with E-state index in [1.54, 1.807) is 30.3 Å². The highest BCUT2D eigenvalue weighted by molar-refractivity contribution is 6.32. The fourth-order valence-electron chi connectivity index (χ4n) is 7.19. The van der Waals surface area contributed by atoms with Crippen molar-refractivity contribution in [1.82, 2.24) is 9.78 Å². The molecule has 2 aliphatic rings. The minimum absolute atomic E-state index is 0.00817. The van der Waals surface area contributed by atoms with E-state index in [1.165, 1.54) is 19.2 Å². The Balaban J connectivity index is 1.67. The number of aliphatic hydroxyl groups is 2. The first-order valence-electron chi connectivity index (χ1n) is 16.9. The van der Waals surface area contributed by atoms with Gasteiger partial charge in [-0.15, -0.1) is 0 Å². The van der Waals surface area contributed by atoms with E-state index in [2.05, 4.69) is 5.10 Å². The largest absolute Gasteiger partial charge is 0.496 e. The molecule has 0 radical (unpaired) electrons. The van der Waals surface area contributed by atoms with E-state index in [-0.39, 0.29) is 44.3 Å². The number of ketones is 2. The zero-order chi connectivity index (χ0) is 40.5. The van der Waals surface area contributed by atoms with Gasteiger partial charge >= 0.3 is 23.9 Å². The molecule has 2 aliphatic carbocycles. The molecule has 0 amide bonds. The predicted molar refractivity (Wildman–Crippen MR) is 193 cm³/mol. The first-order valence-corrected chi connectivity index (χ1v) is 16.9. The number of fused-ring (bicyclic) bond motifs is 6. The van der Waals surface area contributed by atoms with Crippen LogP contribution in [0.5, 0.6) is 28.7 Å². The maximum Gasteiger partial charge on any atom is 0.308 e. The minimum atomic E-state index is -1.96. The Morgan fingerprint density at radius 1 is 0.679 bits per heavy atom. The molecule has 0 aliphatic heterocycles. The number of carbonyl (C=O) groups is 6. The highest BCUT2D eigenvalue weighted by atomic mass is 16.6. The topological polar surface area (TPSA) is 224 Å². The lowest BCUT2D eigenvalue weighted by Crippen LogP contribution is -2.29. The van der Waals surface area contributed by atoms with Gasteiger partial charge in [-0.05, 0) is 36.8 Å². The second kappa shape index (κ2) is 13.7. The molecule has 2 unspecified atom stereocenters. The molecule has 7 rings (SSSR count). The molecule has 16 nitrogen and oxygen atoms in total. The molecule has 4 aromatic carbocycles. The van der Waals surface area contributed by atoms with Crippen LogP contribution in [-0.4, -0.2) is 62.5 Å². The maximum absolute atomic E-state index is 14.8. The Hall–Kier alpha value is -7.04. The number of aromatic nitrogens is 2. The van der Waals surface area contributed by atoms with Crippen LogP contribution in [0.1, 0.15) is 88.4 Å². The molecule has 56 heavy (non-hydrogen) atoms. The van der Waals surface area contributed by atoms with Crippen LogP contribution in [0.15, 0.2) is 53.5 Å². The summed E-state index contributed by atoms with van der Waals surface area (Å²) in [7, 11) is 1.11. The van der Waals surface area contributed by atoms with Gasteiger partial charge in [-0.3, -0.25) is 33.6 Å². The van der Waals surface area contributed by atoms with Crippen molar-refractivity contribution >= 4 is 46.2 Å². The van der Waals surface area contributed by atoms with Crippen molar-refractivity contribution in [3.05, 3.63) is 98.0 Å². The fraction of sp³-hybridized carbons (Fsp3) is 0.200. The third-order valence-corrected chi connectivity index (χ3v) is 9.27. The molecule has 0 spiro atoms. The maximum atomic E-state index is 14.8. The van der Waals surface area contributed by atoms with Crippen LogP contribution in [-0.2, 0) is 19.2 Å². The molecule has 16 heteroatoms. The van der Waals surface area contributed by atoms with Gasteiger partial charge in [-0.1, -0.05) is 18.2 Å². The quantitative estimate of drug-likeness (QED) is 0.181. The molecule has 284 valence electrons. The van der Waals surface area contributed by atoms with Crippen molar-refractivity contribution in [2.75, 3.05) is 7.11 Å². The molecule has 0 saturated carbocycles. The number of methoxy groups -OCH3 is 1. The zero-order valence-electron chi connectivity index (χ0n) is 30.5. The van der Waals surface area contributed by atoms with Crippen LogP contribution in [0.25, 0.3) is 27.6 Å². The Morgan fingerprint density at radius 2 is 1.27 bits per heavy atom. The third kappa shape index (κ3) is 5.70. The van der Waals surface area contributed by atoms with Crippen LogP contribution in [0.4, 0.5) is 0 Å². The lowest BCUT2D eigenvalue weighted by Gasteiger charge is -2.35. The van der Waals surface area contributed by atoms with Crippen molar-refractivity contribution in [1.29, 1.82) is 0 Å². The average Bonchev–Trinajstić information content (AvgIpc) is 3.13. The minimum Gasteiger partial charge on any atom is -0.496 e. The van der Waals surface area contributed by atoms with E-state index >= 15 is 0 Å². The van der Waals surface area contributed by atoms with Gasteiger partial charge < -0.3 is 33.9 Å². The summed E-state index contributed by atoms with van der Waals surface area (Å²) in [4.78, 5) is 94.0. The highest BCUT2D eigenvalue weighted by Crippen LogP contribution is 2.59. The number of benzene rings is 4. The van der Waals surface area contributed by atoms with Crippen LogP contribution in [0.2, 0.25) is 0 Å². The smallest absolute Gasteiger partial charge is 0.308 e. The van der Waals surface area contributed by atoms with E-state index in [0.29, 0.717) is 5.69 Å². The molecular formula is C40H30N2O14. The number of nitrogens with zero attached hydrogens (tertiary/aromatic N) is 2. The summed E-state index contributed by atoms with van der Waals surface area (Å²) in [5.74, 6) is -7.83. The number of para-hydroxylation sites is 1. The SMILES string of the molecule is COc1c2c(c(OC(C)=O)c3c1C(O)C(O)c1cc4cnn(-c5ccccc5)c(=O)c4c(OC(C)=O)c1-3)C(=O)c1cc(OC(C)=O)c(C)c(OC(C)=O)c1C2=O. The number of hydrogen-bond donors (Lipinski definition) is 2. The average molecular weight is 763 g/mol. The van der Waals surface area contributed by atoms with Gasteiger partial charge in [0.2, 0.25) is 5.78 Å². The van der Waals surface area contributed by atoms with Crippen LogP contribution in [0, 0.1) is 6.92 Å². The number of aliphatic hydroxyl groups excluding tert-OH is 2. The monoisotopic (exact) mass is 762 g/mol. The summed E-state index contributed by atoms with van der Waals surface area (Å²) in [6, 6.07) is 10.7. The van der Waals surface area contributed by atoms with E-state index < -0.39 is 98.5 Å². The van der Waals surface area contributed by atoms with Gasteiger partial charge in [0.15, 0.2) is 17.3 Å². The normalized spacial score (nSPS) is 15.2. The zero-order valence-corrected chi connectivity index (χ0v) is 30.5. The first kappa shape index (κ1) is 37.3. The Bertz CT molecular complexity index is 2700. The van der Waals surface area contributed by atoms with E-state index in [9.17, 15) is 43.8 Å². The molecular weight excluding hydrogens is 732 g/mol. The van der Waals surface area contributed by atoms with Crippen molar-refractivity contribution in [2.45, 2.75) is 46.8 Å². The summed E-state index contributed by atoms with van der Waals surface area (Å²) in [6.07, 6.45) is -2.54. The summed E-state index contributed by atoms with van der Waals surface area (Å²) in [5, 5.41) is 27.7. The lowest BCUT2D eigenvalue weighted by molar-refractivity contribution is -0.133. The Kier molecular flexibility index (Phi) is 9.10. The molecule has 5 aromatic rings. The molecule has 2 N–H and O–H groups in total. The van der Waals surface area contributed by atoms with Gasteiger partial charge in [0, 0.05) is 60.9 Å². The summed E-state index contributed by atoms with van der Waals surface area (Å²) in [6.45, 7) is 5.58. The van der Waals surface area contributed by atoms with Gasteiger partial charge in [0.05, 0.1) is 41.1 Å². The number of rotatable bonds is 6.